The first kappa shape index (κ1) is 17.6. The van der Waals surface area contributed by atoms with Crippen LogP contribution in [0.5, 0.6) is 5.75 Å². The van der Waals surface area contributed by atoms with Gasteiger partial charge in [0.1, 0.15) is 18.4 Å². The van der Waals surface area contributed by atoms with Gasteiger partial charge in [0.05, 0.1) is 6.10 Å². The lowest BCUT2D eigenvalue weighted by molar-refractivity contribution is -0.148. The molecule has 1 aromatic rings. The van der Waals surface area contributed by atoms with Crippen LogP contribution < -0.4 is 9.82 Å². The van der Waals surface area contributed by atoms with Gasteiger partial charge in [0, 0.05) is 0 Å². The van der Waals surface area contributed by atoms with Crippen LogP contribution in [0.1, 0.15) is 27.7 Å². The van der Waals surface area contributed by atoms with Crippen molar-refractivity contribution in [2.45, 2.75) is 45.5 Å². The van der Waals surface area contributed by atoms with Gasteiger partial charge in [-0.2, -0.15) is 0 Å². The Bertz CT molecular complexity index is 464. The Morgan fingerprint density at radius 2 is 1.81 bits per heavy atom. The molecular weight excluding hydrogens is 289 g/mol. The third-order valence-electron chi connectivity index (χ3n) is 2.66. The van der Waals surface area contributed by atoms with E-state index in [9.17, 15) is 9.36 Å². The summed E-state index contributed by atoms with van der Waals surface area (Å²) in [6, 6.07) is 8.74. The minimum Gasteiger partial charge on any atom is -0.489 e. The minimum atomic E-state index is -1.76. The highest BCUT2D eigenvalue weighted by Gasteiger charge is 2.32. The van der Waals surface area contributed by atoms with Crippen molar-refractivity contribution in [1.29, 1.82) is 0 Å². The normalized spacial score (nSPS) is 14.4. The molecule has 0 radical (unpaired) electrons. The van der Waals surface area contributed by atoms with Gasteiger partial charge in [-0.3, -0.25) is 4.79 Å². The molecule has 0 amide bonds. The number of esters is 1. The number of ether oxygens (including phenoxy) is 2. The number of rotatable bonds is 8. The number of carbonyl (C=O) groups is 1. The van der Waals surface area contributed by atoms with Crippen molar-refractivity contribution in [3.05, 3.63) is 30.3 Å². The third-order valence-corrected chi connectivity index (χ3v) is 4.25. The fraction of sp³-hybridized carbons (Fsp3) is 0.533. The zero-order valence-electron chi connectivity index (χ0n) is 12.9. The smallest absolute Gasteiger partial charge is 0.439 e. The fourth-order valence-corrected chi connectivity index (χ4v) is 2.46. The van der Waals surface area contributed by atoms with Gasteiger partial charge in [-0.05, 0) is 44.4 Å². The van der Waals surface area contributed by atoms with Gasteiger partial charge in [0.2, 0.25) is 5.66 Å². The van der Waals surface area contributed by atoms with E-state index in [1.165, 1.54) is 0 Å². The molecule has 5 nitrogen and oxygen atoms in total. The fourth-order valence-electron chi connectivity index (χ4n) is 1.51. The number of para-hydroxylation sites is 1. The van der Waals surface area contributed by atoms with E-state index in [1.54, 1.807) is 20.8 Å². The van der Waals surface area contributed by atoms with Gasteiger partial charge in [0.25, 0.3) is 0 Å². The molecule has 21 heavy (non-hydrogen) atoms. The summed E-state index contributed by atoms with van der Waals surface area (Å²) in [5.41, 5.74) is -0.213. The Labute approximate surface area is 126 Å². The van der Waals surface area contributed by atoms with Gasteiger partial charge in [0.15, 0.2) is 0 Å². The van der Waals surface area contributed by atoms with E-state index in [-0.39, 0.29) is 11.8 Å². The zero-order valence-corrected chi connectivity index (χ0v) is 13.8. The maximum absolute atomic E-state index is 12.1. The van der Waals surface area contributed by atoms with Crippen molar-refractivity contribution < 1.29 is 18.8 Å². The van der Waals surface area contributed by atoms with E-state index >= 15 is 0 Å². The van der Waals surface area contributed by atoms with E-state index in [4.69, 9.17) is 9.47 Å². The average Bonchev–Trinajstić information content (AvgIpc) is 2.44. The first-order valence-electron chi connectivity index (χ1n) is 7.01. The van der Waals surface area contributed by atoms with E-state index in [0.717, 1.165) is 5.75 Å². The molecule has 0 saturated carbocycles. The van der Waals surface area contributed by atoms with Gasteiger partial charge in [-0.15, -0.1) is 0 Å². The largest absolute Gasteiger partial charge is 0.489 e. The highest BCUT2D eigenvalue weighted by atomic mass is 31.1. The van der Waals surface area contributed by atoms with Crippen LogP contribution in [-0.4, -0.2) is 30.4 Å². The predicted octanol–water partition coefficient (Wildman–Crippen LogP) is 3.13. The van der Waals surface area contributed by atoms with Crippen LogP contribution in [0.4, 0.5) is 0 Å². The summed E-state index contributed by atoms with van der Waals surface area (Å²) in [5.74, 6) is 0.338. The second-order valence-electron chi connectivity index (χ2n) is 5.14. The molecule has 0 aliphatic heterocycles. The second kappa shape index (κ2) is 8.75. The molecule has 1 N–H and O–H groups in total. The molecule has 116 valence electrons. The topological polar surface area (TPSA) is 64.6 Å². The summed E-state index contributed by atoms with van der Waals surface area (Å²) in [4.78, 5) is 11.6. The lowest BCUT2D eigenvalue weighted by atomic mass is 10.3. The van der Waals surface area contributed by atoms with Gasteiger partial charge < -0.3 is 9.47 Å². The summed E-state index contributed by atoms with van der Waals surface area (Å²) >= 11 is 0. The maximum atomic E-state index is 12.1. The molecule has 0 heterocycles. The van der Waals surface area contributed by atoms with Crippen LogP contribution in [0.15, 0.2) is 30.3 Å². The highest BCUT2D eigenvalue weighted by molar-refractivity contribution is 7.43. The van der Waals surface area contributed by atoms with E-state index < -0.39 is 20.0 Å². The molecule has 2 unspecified atom stereocenters. The molecule has 0 spiro atoms. The van der Waals surface area contributed by atoms with Crippen molar-refractivity contribution in [3.63, 3.8) is 0 Å². The van der Waals surface area contributed by atoms with Crippen LogP contribution in [0.25, 0.3) is 0 Å². The van der Waals surface area contributed by atoms with Crippen molar-refractivity contribution in [3.8, 4) is 5.75 Å². The lowest BCUT2D eigenvalue weighted by Gasteiger charge is -2.12. The van der Waals surface area contributed by atoms with Gasteiger partial charge >= 0.3 is 13.9 Å². The third kappa shape index (κ3) is 6.69. The van der Waals surface area contributed by atoms with Crippen molar-refractivity contribution in [2.75, 3.05) is 6.61 Å². The molecule has 0 aliphatic rings. The van der Waals surface area contributed by atoms with Crippen molar-refractivity contribution in [1.82, 2.24) is 5.09 Å². The minimum absolute atomic E-state index is 0.182. The molecule has 0 saturated heterocycles. The molecule has 1 aromatic carbocycles. The lowest BCUT2D eigenvalue weighted by Crippen LogP contribution is -2.34. The molecule has 6 heteroatoms. The SMILES string of the molecule is CC(C)OC(=O)[C@@H](C)N[P+](=O)C(C)COc1ccccc1. The van der Waals surface area contributed by atoms with Crippen molar-refractivity contribution in [2.24, 2.45) is 0 Å². The number of hydrogen-bond acceptors (Lipinski definition) is 4. The number of hydrogen-bond donors (Lipinski definition) is 1. The first-order chi connectivity index (χ1) is 9.90. The summed E-state index contributed by atoms with van der Waals surface area (Å²) < 4.78 is 22.7. The van der Waals surface area contributed by atoms with Crippen LogP contribution in [0.3, 0.4) is 0 Å². The monoisotopic (exact) mass is 312 g/mol. The molecule has 0 bridgehead atoms. The van der Waals surface area contributed by atoms with Crippen molar-refractivity contribution >= 4 is 13.9 Å². The highest BCUT2D eigenvalue weighted by Crippen LogP contribution is 2.25. The second-order valence-corrected chi connectivity index (χ2v) is 6.93. The van der Waals surface area contributed by atoms with Crippen LogP contribution in [0.2, 0.25) is 0 Å². The summed E-state index contributed by atoms with van der Waals surface area (Å²) in [6.45, 7) is 7.33. The number of nitrogens with one attached hydrogen (secondary N) is 1. The van der Waals surface area contributed by atoms with Gasteiger partial charge in [-0.1, -0.05) is 23.3 Å². The number of benzene rings is 1. The Balaban J connectivity index is 2.38. The molecular formula is C15H23NO4P+. The zero-order chi connectivity index (χ0) is 15.8. The van der Waals surface area contributed by atoms with E-state index in [0.29, 0.717) is 6.61 Å². The predicted molar refractivity (Wildman–Crippen MR) is 82.8 cm³/mol. The molecule has 0 fully saturated rings. The molecule has 1 rings (SSSR count). The summed E-state index contributed by atoms with van der Waals surface area (Å²) in [5, 5.41) is 2.78. The van der Waals surface area contributed by atoms with Gasteiger partial charge in [-0.25, -0.2) is 0 Å². The Morgan fingerprint density at radius 1 is 1.19 bits per heavy atom. The quantitative estimate of drug-likeness (QED) is 0.590. The maximum Gasteiger partial charge on any atom is 0.439 e. The van der Waals surface area contributed by atoms with E-state index in [2.05, 4.69) is 5.09 Å². The van der Waals surface area contributed by atoms with E-state index in [1.807, 2.05) is 37.3 Å². The molecule has 3 atom stereocenters. The Kier molecular flexibility index (Phi) is 7.34. The molecule has 0 aromatic heterocycles. The first-order valence-corrected chi connectivity index (χ1v) is 8.34. The van der Waals surface area contributed by atoms with Crippen LogP contribution in [0, 0.1) is 0 Å². The average molecular weight is 312 g/mol. The Hall–Kier alpha value is -1.45. The molecule has 0 aliphatic carbocycles. The standard InChI is InChI=1S/C15H23NO4P/c1-11(2)20-15(17)13(4)16-21(18)12(3)10-19-14-8-6-5-7-9-14/h5-9,11-13H,10H2,1-4H3,(H,16,18)/q+1/t12?,13-/m1/s1. The summed E-state index contributed by atoms with van der Waals surface area (Å²) in [6.07, 6.45) is -0.182. The summed E-state index contributed by atoms with van der Waals surface area (Å²) in [7, 11) is -1.76. The Morgan fingerprint density at radius 3 is 2.38 bits per heavy atom. The number of carbonyl (C=O) groups excluding carboxylic acids is 1. The van der Waals surface area contributed by atoms with Crippen LogP contribution in [-0.2, 0) is 14.1 Å². The van der Waals surface area contributed by atoms with Crippen LogP contribution >= 0.6 is 7.95 Å².